The Morgan fingerprint density at radius 3 is 2.37 bits per heavy atom. The average Bonchev–Trinajstić information content (AvgIpc) is 3.28. The summed E-state index contributed by atoms with van der Waals surface area (Å²) in [5.41, 5.74) is 9.27. The van der Waals surface area contributed by atoms with Gasteiger partial charge in [0.05, 0.1) is 0 Å². The number of aryl methyl sites for hydroxylation is 1. The van der Waals surface area contributed by atoms with Crippen molar-refractivity contribution in [2.24, 2.45) is 0 Å². The molecule has 4 heteroatoms. The van der Waals surface area contributed by atoms with E-state index in [-0.39, 0.29) is 0 Å². The third kappa shape index (κ3) is 3.47. The molecule has 2 aromatic carbocycles. The van der Waals surface area contributed by atoms with E-state index in [1.807, 2.05) is 0 Å². The van der Waals surface area contributed by atoms with Gasteiger partial charge in [-0.1, -0.05) is 67.6 Å². The number of hydrogen-bond donors (Lipinski definition) is 1. The molecule has 1 N–H and O–H groups in total. The van der Waals surface area contributed by atoms with E-state index in [0.29, 0.717) is 5.92 Å². The monoisotopic (exact) mass is 356 g/mol. The molecule has 27 heavy (non-hydrogen) atoms. The quantitative estimate of drug-likeness (QED) is 0.676. The topological polar surface area (TPSA) is 54.5 Å². The Bertz CT molecular complexity index is 993. The minimum absolute atomic E-state index is 0.553. The molecule has 4 rings (SSSR count). The van der Waals surface area contributed by atoms with Crippen LogP contribution in [-0.2, 0) is 6.42 Å². The number of rotatable bonds is 5. The number of aromatic amines is 1. The lowest BCUT2D eigenvalue weighted by molar-refractivity contribution is 0.866. The summed E-state index contributed by atoms with van der Waals surface area (Å²) in [6.45, 7) is 6.67. The number of benzene rings is 2. The molecule has 0 amide bonds. The van der Waals surface area contributed by atoms with Crippen molar-refractivity contribution in [3.8, 4) is 0 Å². The summed E-state index contributed by atoms with van der Waals surface area (Å²) in [5.74, 6) is 1.31. The van der Waals surface area contributed by atoms with E-state index in [0.717, 1.165) is 18.7 Å². The zero-order valence-corrected chi connectivity index (χ0v) is 16.0. The van der Waals surface area contributed by atoms with E-state index in [1.165, 1.54) is 39.0 Å². The molecule has 0 fully saturated rings. The molecule has 1 aromatic heterocycles. The van der Waals surface area contributed by atoms with Gasteiger partial charge < -0.3 is 0 Å². The predicted octanol–water partition coefficient (Wildman–Crippen LogP) is 5.28. The maximum atomic E-state index is 4.08. The van der Waals surface area contributed by atoms with Gasteiger partial charge in [-0.25, -0.2) is 0 Å². The van der Waals surface area contributed by atoms with E-state index < -0.39 is 0 Å². The Morgan fingerprint density at radius 2 is 1.70 bits per heavy atom. The number of hydrogen-bond acceptors (Lipinski definition) is 3. The van der Waals surface area contributed by atoms with Crippen LogP contribution in [0.15, 0.2) is 54.1 Å². The van der Waals surface area contributed by atoms with Gasteiger partial charge >= 0.3 is 0 Å². The summed E-state index contributed by atoms with van der Waals surface area (Å²) >= 11 is 0. The predicted molar refractivity (Wildman–Crippen MR) is 110 cm³/mol. The van der Waals surface area contributed by atoms with Gasteiger partial charge in [-0.05, 0) is 64.3 Å². The SMILES string of the molecule is CC1=C(CCc2nn[nH]n2)c2ccccc2C1=Cc1ccc(C(C)C)cc1. The summed E-state index contributed by atoms with van der Waals surface area (Å²) in [6, 6.07) is 17.6. The Balaban J connectivity index is 1.69. The van der Waals surface area contributed by atoms with E-state index in [1.54, 1.807) is 0 Å². The van der Waals surface area contributed by atoms with Crippen molar-refractivity contribution in [1.82, 2.24) is 20.6 Å². The van der Waals surface area contributed by atoms with Gasteiger partial charge in [-0.15, -0.1) is 10.2 Å². The number of fused-ring (bicyclic) bond motifs is 1. The first kappa shape index (κ1) is 17.4. The van der Waals surface area contributed by atoms with Crippen LogP contribution in [0.25, 0.3) is 17.2 Å². The third-order valence-electron chi connectivity index (χ3n) is 5.30. The average molecular weight is 356 g/mol. The van der Waals surface area contributed by atoms with E-state index >= 15 is 0 Å². The highest BCUT2D eigenvalue weighted by Gasteiger charge is 2.23. The van der Waals surface area contributed by atoms with Crippen molar-refractivity contribution in [2.45, 2.75) is 39.5 Å². The number of allylic oxidation sites excluding steroid dienone is 3. The number of aromatic nitrogens is 4. The molecular formula is C23H24N4. The molecule has 0 spiro atoms. The van der Waals surface area contributed by atoms with Gasteiger partial charge in [-0.2, -0.15) is 5.21 Å². The minimum Gasteiger partial charge on any atom is -0.177 e. The van der Waals surface area contributed by atoms with Crippen molar-refractivity contribution >= 4 is 17.2 Å². The van der Waals surface area contributed by atoms with E-state index in [2.05, 4.69) is 96.0 Å². The lowest BCUT2D eigenvalue weighted by Gasteiger charge is -2.07. The van der Waals surface area contributed by atoms with Crippen molar-refractivity contribution < 1.29 is 0 Å². The second-order valence-electron chi connectivity index (χ2n) is 7.36. The molecule has 1 aliphatic carbocycles. The second-order valence-corrected chi connectivity index (χ2v) is 7.36. The molecule has 0 aliphatic heterocycles. The summed E-state index contributed by atoms with van der Waals surface area (Å²) in [4.78, 5) is 0. The van der Waals surface area contributed by atoms with Gasteiger partial charge in [0, 0.05) is 6.42 Å². The Kier molecular flexibility index (Phi) is 4.71. The van der Waals surface area contributed by atoms with Crippen LogP contribution in [0, 0.1) is 0 Å². The van der Waals surface area contributed by atoms with Gasteiger partial charge in [0.1, 0.15) is 0 Å². The van der Waals surface area contributed by atoms with Crippen LogP contribution in [0.5, 0.6) is 0 Å². The van der Waals surface area contributed by atoms with E-state index in [4.69, 9.17) is 0 Å². The lowest BCUT2D eigenvalue weighted by atomic mass is 9.98. The summed E-state index contributed by atoms with van der Waals surface area (Å²) in [6.07, 6.45) is 4.00. The van der Waals surface area contributed by atoms with Gasteiger partial charge in [0.2, 0.25) is 0 Å². The van der Waals surface area contributed by atoms with Gasteiger partial charge in [0.15, 0.2) is 5.82 Å². The van der Waals surface area contributed by atoms with Crippen LogP contribution in [0.4, 0.5) is 0 Å². The highest BCUT2D eigenvalue weighted by Crippen LogP contribution is 2.43. The molecule has 0 saturated carbocycles. The largest absolute Gasteiger partial charge is 0.177 e. The van der Waals surface area contributed by atoms with Crippen molar-refractivity contribution in [3.05, 3.63) is 82.2 Å². The van der Waals surface area contributed by atoms with Crippen LogP contribution in [-0.4, -0.2) is 20.6 Å². The highest BCUT2D eigenvalue weighted by atomic mass is 15.5. The summed E-state index contributed by atoms with van der Waals surface area (Å²) in [7, 11) is 0. The van der Waals surface area contributed by atoms with Crippen LogP contribution >= 0.6 is 0 Å². The highest BCUT2D eigenvalue weighted by molar-refractivity contribution is 6.05. The maximum Gasteiger partial charge on any atom is 0.174 e. The lowest BCUT2D eigenvalue weighted by Crippen LogP contribution is -1.92. The van der Waals surface area contributed by atoms with Crippen LogP contribution in [0.3, 0.4) is 0 Å². The smallest absolute Gasteiger partial charge is 0.174 e. The first-order valence-corrected chi connectivity index (χ1v) is 9.47. The van der Waals surface area contributed by atoms with Crippen molar-refractivity contribution in [3.63, 3.8) is 0 Å². The zero-order valence-electron chi connectivity index (χ0n) is 16.0. The minimum atomic E-state index is 0.553. The fourth-order valence-corrected chi connectivity index (χ4v) is 3.72. The number of tetrazole rings is 1. The summed E-state index contributed by atoms with van der Waals surface area (Å²) < 4.78 is 0. The molecule has 4 nitrogen and oxygen atoms in total. The fourth-order valence-electron chi connectivity index (χ4n) is 3.72. The van der Waals surface area contributed by atoms with Crippen LogP contribution < -0.4 is 0 Å². The van der Waals surface area contributed by atoms with Crippen molar-refractivity contribution in [1.29, 1.82) is 0 Å². The van der Waals surface area contributed by atoms with Gasteiger partial charge in [0.25, 0.3) is 0 Å². The third-order valence-corrected chi connectivity index (χ3v) is 5.30. The molecule has 136 valence electrons. The maximum absolute atomic E-state index is 4.08. The Labute approximate surface area is 160 Å². The van der Waals surface area contributed by atoms with Crippen LogP contribution in [0.2, 0.25) is 0 Å². The number of H-pyrrole nitrogens is 1. The molecule has 0 atom stereocenters. The zero-order chi connectivity index (χ0) is 18.8. The van der Waals surface area contributed by atoms with Crippen LogP contribution in [0.1, 0.15) is 61.2 Å². The second kappa shape index (κ2) is 7.31. The number of nitrogens with zero attached hydrogens (tertiary/aromatic N) is 3. The molecule has 3 aromatic rings. The Hall–Kier alpha value is -3.01. The standard InChI is InChI=1S/C23H24N4/c1-15(2)18-10-8-17(9-11-18)14-22-16(3)19(12-13-23-24-26-27-25-23)20-6-4-5-7-21(20)22/h4-11,14-15H,12-13H2,1-3H3,(H,24,25,26,27). The molecule has 1 heterocycles. The molecule has 1 aliphatic rings. The van der Waals surface area contributed by atoms with E-state index in [9.17, 15) is 0 Å². The molecule has 0 radical (unpaired) electrons. The van der Waals surface area contributed by atoms with Gasteiger partial charge in [-0.3, -0.25) is 0 Å². The molecule has 0 saturated heterocycles. The fraction of sp³-hybridized carbons (Fsp3) is 0.261. The number of nitrogens with one attached hydrogen (secondary N) is 1. The first-order valence-electron chi connectivity index (χ1n) is 9.47. The Morgan fingerprint density at radius 1 is 0.963 bits per heavy atom. The molecular weight excluding hydrogens is 332 g/mol. The summed E-state index contributed by atoms with van der Waals surface area (Å²) in [5, 5.41) is 14.4. The van der Waals surface area contributed by atoms with Crippen molar-refractivity contribution in [2.75, 3.05) is 0 Å². The molecule has 0 bridgehead atoms. The normalized spacial score (nSPS) is 15.0. The molecule has 0 unspecified atom stereocenters. The first-order chi connectivity index (χ1) is 13.1.